The predicted molar refractivity (Wildman–Crippen MR) is 127 cm³/mol. The van der Waals surface area contributed by atoms with Crippen LogP contribution in [0.1, 0.15) is 11.1 Å². The van der Waals surface area contributed by atoms with Crippen molar-refractivity contribution in [3.05, 3.63) is 74.1 Å². The zero-order chi connectivity index (χ0) is 24.3. The Morgan fingerprint density at radius 2 is 1.88 bits per heavy atom. The third kappa shape index (κ3) is 5.12. The number of benzene rings is 2. The summed E-state index contributed by atoms with van der Waals surface area (Å²) in [4.78, 5) is 42.0. The van der Waals surface area contributed by atoms with E-state index in [-0.39, 0.29) is 17.7 Å². The first-order valence-electron chi connectivity index (χ1n) is 10.2. The average molecular weight is 519 g/mol. The molecule has 33 heavy (non-hydrogen) atoms. The highest BCUT2D eigenvalue weighted by Crippen LogP contribution is 2.32. The number of amides is 1. The molecule has 174 valence electrons. The summed E-state index contributed by atoms with van der Waals surface area (Å²) < 4.78 is 15.1. The van der Waals surface area contributed by atoms with Gasteiger partial charge in [0.05, 0.1) is 27.9 Å². The summed E-state index contributed by atoms with van der Waals surface area (Å²) in [5.41, 5.74) is 1.13. The number of nitro benzene ring substituents is 1. The second kappa shape index (κ2) is 10.2. The Morgan fingerprint density at radius 1 is 1.18 bits per heavy atom. The Bertz CT molecular complexity index is 1200. The van der Waals surface area contributed by atoms with Crippen LogP contribution in [-0.4, -0.2) is 65.1 Å². The number of aromatic nitrogens is 1. The normalized spacial score (nSPS) is 13.2. The van der Waals surface area contributed by atoms with Gasteiger partial charge in [-0.2, -0.15) is 4.39 Å². The van der Waals surface area contributed by atoms with Gasteiger partial charge in [0.25, 0.3) is 0 Å². The largest absolute Gasteiger partial charge is 0.361 e. The van der Waals surface area contributed by atoms with E-state index in [4.69, 9.17) is 0 Å². The third-order valence-corrected chi connectivity index (χ3v) is 6.52. The van der Waals surface area contributed by atoms with Gasteiger partial charge in [-0.05, 0) is 49.8 Å². The van der Waals surface area contributed by atoms with Crippen molar-refractivity contribution < 1.29 is 18.9 Å². The maximum Gasteiger partial charge on any atom is 0.314 e. The van der Waals surface area contributed by atoms with E-state index in [0.717, 1.165) is 22.4 Å². The van der Waals surface area contributed by atoms with Crippen molar-refractivity contribution in [1.29, 1.82) is 0 Å². The summed E-state index contributed by atoms with van der Waals surface area (Å²) in [7, 11) is 4.99. The van der Waals surface area contributed by atoms with Gasteiger partial charge in [0.1, 0.15) is 6.29 Å². The summed E-state index contributed by atoms with van der Waals surface area (Å²) >= 11 is 3.46. The first-order valence-corrected chi connectivity index (χ1v) is 11.0. The maximum atomic E-state index is 14.2. The van der Waals surface area contributed by atoms with Gasteiger partial charge in [0.15, 0.2) is 0 Å². The van der Waals surface area contributed by atoms with Crippen molar-refractivity contribution in [3.8, 4) is 0 Å². The number of nitrogens with zero attached hydrogens (tertiary/aromatic N) is 3. The van der Waals surface area contributed by atoms with Crippen LogP contribution in [0.5, 0.6) is 0 Å². The monoisotopic (exact) mass is 518 g/mol. The minimum absolute atomic E-state index is 0.0983. The van der Waals surface area contributed by atoms with Crippen LogP contribution in [0.4, 0.5) is 10.1 Å². The third-order valence-electron chi connectivity index (χ3n) is 5.75. The molecule has 0 aliphatic rings. The molecule has 0 saturated heterocycles. The molecule has 0 aliphatic heterocycles. The number of H-pyrrole nitrogens is 1. The van der Waals surface area contributed by atoms with Crippen LogP contribution in [0.2, 0.25) is 0 Å². The molecule has 2 atom stereocenters. The SMILES string of the molecule is CN(C)C(Cc1c[nH]c2ccc(F)c([N+](=O)[O-])c12)C(=O)N(C)C(C=O)Cc1ccccc1Br. The number of fused-ring (bicyclic) bond motifs is 1. The molecule has 8 nitrogen and oxygen atoms in total. The molecule has 0 fully saturated rings. The average Bonchev–Trinajstić information content (AvgIpc) is 3.18. The Morgan fingerprint density at radius 3 is 2.48 bits per heavy atom. The van der Waals surface area contributed by atoms with E-state index < -0.39 is 28.5 Å². The molecule has 0 saturated carbocycles. The molecule has 1 aromatic heterocycles. The summed E-state index contributed by atoms with van der Waals surface area (Å²) in [6, 6.07) is 8.51. The van der Waals surface area contributed by atoms with E-state index in [2.05, 4.69) is 20.9 Å². The van der Waals surface area contributed by atoms with Gasteiger partial charge in [-0.25, -0.2) is 0 Å². The number of rotatable bonds is 9. The number of halogens is 2. The van der Waals surface area contributed by atoms with Gasteiger partial charge in [-0.15, -0.1) is 0 Å². The smallest absolute Gasteiger partial charge is 0.314 e. The number of hydrogen-bond acceptors (Lipinski definition) is 5. The fraction of sp³-hybridized carbons (Fsp3) is 0.304. The summed E-state index contributed by atoms with van der Waals surface area (Å²) in [5, 5.41) is 11.6. The van der Waals surface area contributed by atoms with Gasteiger partial charge in [-0.3, -0.25) is 19.8 Å². The minimum Gasteiger partial charge on any atom is -0.361 e. The maximum absolute atomic E-state index is 14.2. The molecule has 2 unspecified atom stereocenters. The molecule has 3 aromatic rings. The summed E-state index contributed by atoms with van der Waals surface area (Å²) in [6.07, 6.45) is 2.72. The molecule has 10 heteroatoms. The van der Waals surface area contributed by atoms with E-state index in [1.807, 2.05) is 24.3 Å². The van der Waals surface area contributed by atoms with Gasteiger partial charge in [-0.1, -0.05) is 34.1 Å². The van der Waals surface area contributed by atoms with Gasteiger partial charge >= 0.3 is 5.69 Å². The lowest BCUT2D eigenvalue weighted by Gasteiger charge is -2.31. The van der Waals surface area contributed by atoms with E-state index in [9.17, 15) is 24.1 Å². The van der Waals surface area contributed by atoms with E-state index in [1.165, 1.54) is 11.0 Å². The highest BCUT2D eigenvalue weighted by atomic mass is 79.9. The fourth-order valence-electron chi connectivity index (χ4n) is 3.85. The van der Waals surface area contributed by atoms with Crippen molar-refractivity contribution in [3.63, 3.8) is 0 Å². The van der Waals surface area contributed by atoms with Crippen molar-refractivity contribution in [2.75, 3.05) is 21.1 Å². The zero-order valence-electron chi connectivity index (χ0n) is 18.4. The van der Waals surface area contributed by atoms with Crippen LogP contribution >= 0.6 is 15.9 Å². The van der Waals surface area contributed by atoms with Crippen LogP contribution in [0, 0.1) is 15.9 Å². The molecule has 1 amide bonds. The number of aldehydes is 1. The molecule has 2 aromatic carbocycles. The second-order valence-electron chi connectivity index (χ2n) is 8.02. The van der Waals surface area contributed by atoms with Crippen LogP contribution in [0.15, 0.2) is 47.1 Å². The van der Waals surface area contributed by atoms with Gasteiger partial charge in [0, 0.05) is 24.1 Å². The van der Waals surface area contributed by atoms with Crippen LogP contribution in [-0.2, 0) is 22.4 Å². The molecular formula is C23H24BrFN4O4. The van der Waals surface area contributed by atoms with Crippen molar-refractivity contribution in [1.82, 2.24) is 14.8 Å². The van der Waals surface area contributed by atoms with Crippen molar-refractivity contribution in [2.24, 2.45) is 0 Å². The second-order valence-corrected chi connectivity index (χ2v) is 8.88. The lowest BCUT2D eigenvalue weighted by Crippen LogP contribution is -2.50. The molecule has 1 heterocycles. The number of nitro groups is 1. The fourth-order valence-corrected chi connectivity index (χ4v) is 4.30. The predicted octanol–water partition coefficient (Wildman–Crippen LogP) is 3.72. The summed E-state index contributed by atoms with van der Waals surface area (Å²) in [5.74, 6) is -1.26. The van der Waals surface area contributed by atoms with Crippen LogP contribution in [0.25, 0.3) is 10.9 Å². The molecular weight excluding hydrogens is 495 g/mol. The van der Waals surface area contributed by atoms with Gasteiger partial charge < -0.3 is 14.7 Å². The Balaban J connectivity index is 1.91. The standard InChI is InChI=1S/C23H24BrFN4O4/c1-27(2)20(11-15-12-26-19-9-8-18(25)22(21(15)19)29(32)33)23(31)28(3)16(13-30)10-14-6-4-5-7-17(14)24/h4-9,12-13,16,20,26H,10-11H2,1-3H3. The Hall–Kier alpha value is -3.11. The van der Waals surface area contributed by atoms with Crippen molar-refractivity contribution in [2.45, 2.75) is 24.9 Å². The molecule has 0 spiro atoms. The summed E-state index contributed by atoms with van der Waals surface area (Å²) in [6.45, 7) is 0. The topological polar surface area (TPSA) is 99.6 Å². The quantitative estimate of drug-likeness (QED) is 0.264. The molecule has 0 aliphatic carbocycles. The molecule has 0 bridgehead atoms. The van der Waals surface area contributed by atoms with Crippen LogP contribution in [0.3, 0.4) is 0 Å². The number of aromatic amines is 1. The molecule has 0 radical (unpaired) electrons. The Labute approximate surface area is 198 Å². The number of hydrogen-bond donors (Lipinski definition) is 1. The lowest BCUT2D eigenvalue weighted by molar-refractivity contribution is -0.385. The number of nitrogens with one attached hydrogen (secondary N) is 1. The van der Waals surface area contributed by atoms with E-state index >= 15 is 0 Å². The van der Waals surface area contributed by atoms with Crippen LogP contribution < -0.4 is 0 Å². The number of likely N-dealkylation sites (N-methyl/N-ethyl adjacent to an activating group) is 2. The first-order chi connectivity index (χ1) is 15.6. The van der Waals surface area contributed by atoms with E-state index in [0.29, 0.717) is 17.5 Å². The highest BCUT2D eigenvalue weighted by Gasteiger charge is 2.31. The highest BCUT2D eigenvalue weighted by molar-refractivity contribution is 9.10. The van der Waals surface area contributed by atoms with Crippen molar-refractivity contribution >= 4 is 44.7 Å². The minimum atomic E-state index is -0.937. The number of carbonyl (C=O) groups is 2. The zero-order valence-corrected chi connectivity index (χ0v) is 20.0. The molecule has 1 N–H and O–H groups in total. The Kier molecular flexibility index (Phi) is 7.60. The first kappa shape index (κ1) is 24.5. The number of carbonyl (C=O) groups excluding carboxylic acids is 2. The van der Waals surface area contributed by atoms with Gasteiger partial charge in [0.2, 0.25) is 11.7 Å². The van der Waals surface area contributed by atoms with E-state index in [1.54, 1.807) is 32.2 Å². The lowest BCUT2D eigenvalue weighted by atomic mass is 10.0. The molecule has 3 rings (SSSR count).